The number of sulfonamides is 1. The van der Waals surface area contributed by atoms with Gasteiger partial charge in [-0.25, -0.2) is 18.1 Å². The molecule has 16 heteroatoms. The summed E-state index contributed by atoms with van der Waals surface area (Å²) in [6.07, 6.45) is 7.86. The standard InChI is InChI=1S/C46H52ClN7O6S2/c1-46(2)14-11-33(40(26-46)31-5-7-34(47)8-6-31)28-52-17-19-53(20-18-52)35-9-10-38(42(23-35)60-36-22-32-12-15-48-44(32)49-27-36)45(55)50-62(58,59)37-24-41(54(56)57)39-21-30(13-16-51(3)4)29-61-43(39)25-37/h5-10,12,15,22-25,27,30H,11,13-14,16-21,26,28-29H2,1-4H3,(H,48,49)(H,50,55)/t30-/m0/s1. The lowest BCUT2D eigenvalue weighted by molar-refractivity contribution is -0.386. The first-order chi connectivity index (χ1) is 29.6. The highest BCUT2D eigenvalue weighted by molar-refractivity contribution is 7.99. The van der Waals surface area contributed by atoms with E-state index in [1.807, 2.05) is 32.3 Å². The molecule has 4 heterocycles. The second kappa shape index (κ2) is 18.0. The van der Waals surface area contributed by atoms with Crippen LogP contribution in [0, 0.1) is 21.4 Å². The van der Waals surface area contributed by atoms with Gasteiger partial charge >= 0.3 is 0 Å². The highest BCUT2D eigenvalue weighted by Crippen LogP contribution is 2.44. The predicted octanol–water partition coefficient (Wildman–Crippen LogP) is 9.04. The number of anilines is 1. The number of benzene rings is 3. The quantitative estimate of drug-likeness (QED) is 0.0860. The molecular weight excluding hydrogens is 846 g/mol. The number of nitro groups is 1. The Bertz CT molecular complexity index is 2640. The van der Waals surface area contributed by atoms with Crippen LogP contribution < -0.4 is 14.4 Å². The summed E-state index contributed by atoms with van der Waals surface area (Å²) in [5.41, 5.74) is 6.09. The van der Waals surface area contributed by atoms with Crippen molar-refractivity contribution in [1.29, 1.82) is 0 Å². The summed E-state index contributed by atoms with van der Waals surface area (Å²) in [4.78, 5) is 40.3. The highest BCUT2D eigenvalue weighted by atomic mass is 35.5. The molecule has 0 spiro atoms. The Morgan fingerprint density at radius 2 is 1.85 bits per heavy atom. The Kier molecular flexibility index (Phi) is 12.7. The van der Waals surface area contributed by atoms with E-state index in [0.717, 1.165) is 87.1 Å². The summed E-state index contributed by atoms with van der Waals surface area (Å²) in [7, 11) is -0.575. The monoisotopic (exact) mass is 897 g/mol. The lowest BCUT2D eigenvalue weighted by Crippen LogP contribution is -2.47. The average molecular weight is 899 g/mol. The van der Waals surface area contributed by atoms with Crippen molar-refractivity contribution in [3.8, 4) is 11.5 Å². The van der Waals surface area contributed by atoms with Crippen LogP contribution in [0.2, 0.25) is 5.02 Å². The molecule has 1 fully saturated rings. The van der Waals surface area contributed by atoms with Gasteiger partial charge < -0.3 is 19.5 Å². The number of carbonyl (C=O) groups excluding carboxylic acids is 1. The van der Waals surface area contributed by atoms with Crippen molar-refractivity contribution in [3.05, 3.63) is 117 Å². The first kappa shape index (κ1) is 43.7. The van der Waals surface area contributed by atoms with Gasteiger partial charge in [0, 0.05) is 83.4 Å². The van der Waals surface area contributed by atoms with Crippen LogP contribution in [-0.2, 0) is 16.4 Å². The van der Waals surface area contributed by atoms with E-state index in [0.29, 0.717) is 34.0 Å². The third-order valence-electron chi connectivity index (χ3n) is 12.2. The van der Waals surface area contributed by atoms with Crippen LogP contribution in [0.3, 0.4) is 0 Å². The number of nitro benzene ring substituents is 1. The molecule has 0 radical (unpaired) electrons. The number of carbonyl (C=O) groups is 1. The third kappa shape index (κ3) is 9.97. The molecule has 1 amide bonds. The molecule has 1 atom stereocenters. The van der Waals surface area contributed by atoms with E-state index < -0.39 is 20.9 Å². The number of allylic oxidation sites excluding steroid dienone is 1. The van der Waals surface area contributed by atoms with E-state index in [-0.39, 0.29) is 33.2 Å². The highest BCUT2D eigenvalue weighted by Gasteiger charge is 2.33. The molecule has 0 saturated carbocycles. The van der Waals surface area contributed by atoms with Crippen LogP contribution in [-0.4, -0.2) is 98.1 Å². The fourth-order valence-corrected chi connectivity index (χ4v) is 11.1. The Balaban J connectivity index is 1.02. The van der Waals surface area contributed by atoms with Crippen molar-refractivity contribution in [2.75, 3.05) is 64.0 Å². The van der Waals surface area contributed by atoms with Crippen LogP contribution in [0.15, 0.2) is 94.5 Å². The number of hydrogen-bond donors (Lipinski definition) is 2. The molecule has 62 heavy (non-hydrogen) atoms. The third-order valence-corrected chi connectivity index (χ3v) is 15.1. The minimum absolute atomic E-state index is 0.0161. The van der Waals surface area contributed by atoms with Gasteiger partial charge in [0.2, 0.25) is 0 Å². The number of halogens is 1. The number of fused-ring (bicyclic) bond motifs is 2. The van der Waals surface area contributed by atoms with Crippen molar-refractivity contribution >= 4 is 67.3 Å². The van der Waals surface area contributed by atoms with Crippen molar-refractivity contribution in [3.63, 3.8) is 0 Å². The molecule has 2 aliphatic heterocycles. The molecule has 2 aromatic heterocycles. The molecule has 0 bridgehead atoms. The number of H-pyrrole nitrogens is 1. The molecule has 5 aromatic rings. The van der Waals surface area contributed by atoms with Crippen LogP contribution >= 0.6 is 23.4 Å². The van der Waals surface area contributed by atoms with Gasteiger partial charge in [0.15, 0.2) is 0 Å². The van der Waals surface area contributed by atoms with E-state index in [9.17, 15) is 23.3 Å². The largest absolute Gasteiger partial charge is 0.455 e. The molecular formula is C46H52ClN7O6S2. The summed E-state index contributed by atoms with van der Waals surface area (Å²) in [6.45, 7) is 9.53. The van der Waals surface area contributed by atoms with Crippen LogP contribution in [0.25, 0.3) is 16.6 Å². The summed E-state index contributed by atoms with van der Waals surface area (Å²) in [5.74, 6) is 0.510. The number of thioether (sulfide) groups is 1. The molecule has 2 N–H and O–H groups in total. The minimum Gasteiger partial charge on any atom is -0.455 e. The molecule has 1 aliphatic carbocycles. The summed E-state index contributed by atoms with van der Waals surface area (Å²) < 4.78 is 36.3. The number of aromatic nitrogens is 2. The van der Waals surface area contributed by atoms with Gasteiger partial charge in [0.25, 0.3) is 21.6 Å². The molecule has 8 rings (SSSR count). The molecule has 3 aliphatic rings. The second-order valence-corrected chi connectivity index (χ2v) is 20.8. The molecule has 326 valence electrons. The first-order valence-corrected chi connectivity index (χ1v) is 23.8. The van der Waals surface area contributed by atoms with Gasteiger partial charge in [0.1, 0.15) is 17.1 Å². The number of nitrogens with one attached hydrogen (secondary N) is 2. The topological polar surface area (TPSA) is 154 Å². The predicted molar refractivity (Wildman–Crippen MR) is 246 cm³/mol. The Morgan fingerprint density at radius 1 is 1.08 bits per heavy atom. The maximum absolute atomic E-state index is 14.0. The molecule has 3 aromatic carbocycles. The first-order valence-electron chi connectivity index (χ1n) is 21.0. The molecule has 13 nitrogen and oxygen atoms in total. The number of pyridine rings is 1. The zero-order chi connectivity index (χ0) is 43.8. The lowest BCUT2D eigenvalue weighted by atomic mass is 9.72. The van der Waals surface area contributed by atoms with Gasteiger partial charge in [-0.1, -0.05) is 43.2 Å². The van der Waals surface area contributed by atoms with E-state index in [2.05, 4.69) is 55.4 Å². The van der Waals surface area contributed by atoms with E-state index in [1.165, 1.54) is 40.7 Å². The van der Waals surface area contributed by atoms with Crippen LogP contribution in [0.4, 0.5) is 11.4 Å². The zero-order valence-corrected chi connectivity index (χ0v) is 37.8. The van der Waals surface area contributed by atoms with E-state index in [4.69, 9.17) is 16.3 Å². The number of amides is 1. The number of piperazine rings is 1. The fourth-order valence-electron chi connectivity index (χ4n) is 8.66. The minimum atomic E-state index is -4.54. The lowest BCUT2D eigenvalue weighted by Gasteiger charge is -2.39. The van der Waals surface area contributed by atoms with Gasteiger partial charge in [-0.15, -0.1) is 11.8 Å². The normalized spacial score (nSPS) is 18.2. The van der Waals surface area contributed by atoms with Crippen LogP contribution in [0.5, 0.6) is 11.5 Å². The number of nitrogens with zero attached hydrogens (tertiary/aromatic N) is 5. The van der Waals surface area contributed by atoms with Gasteiger partial charge in [0.05, 0.1) is 21.6 Å². The maximum Gasteiger partial charge on any atom is 0.275 e. The molecule has 1 saturated heterocycles. The Hall–Kier alpha value is -4.93. The number of rotatable bonds is 13. The second-order valence-electron chi connectivity index (χ2n) is 17.6. The van der Waals surface area contributed by atoms with Crippen LogP contribution in [0.1, 0.15) is 61.0 Å². The van der Waals surface area contributed by atoms with Gasteiger partial charge in [-0.2, -0.15) is 0 Å². The summed E-state index contributed by atoms with van der Waals surface area (Å²) in [6, 6.07) is 19.5. The Labute approximate surface area is 372 Å². The summed E-state index contributed by atoms with van der Waals surface area (Å²) >= 11 is 7.66. The van der Waals surface area contributed by atoms with Gasteiger partial charge in [-0.3, -0.25) is 19.8 Å². The smallest absolute Gasteiger partial charge is 0.275 e. The number of hydrogen-bond acceptors (Lipinski definition) is 11. The number of aromatic amines is 1. The van der Waals surface area contributed by atoms with Crippen molar-refractivity contribution < 1.29 is 22.9 Å². The SMILES string of the molecule is CN(C)CC[C@@H]1CSc2cc(S(=O)(=O)NC(=O)c3ccc(N4CCN(CC5=C(c6ccc(Cl)cc6)CC(C)(C)CC5)CC4)cc3Oc3cnc4[nH]ccc4c3)cc([N+](=O)[O-])c2C1. The average Bonchev–Trinajstić information content (AvgIpc) is 3.71. The van der Waals surface area contributed by atoms with E-state index >= 15 is 0 Å². The maximum atomic E-state index is 14.0. The van der Waals surface area contributed by atoms with E-state index in [1.54, 1.807) is 30.5 Å². The molecule has 0 unspecified atom stereocenters. The number of ether oxygens (including phenoxy) is 1. The zero-order valence-electron chi connectivity index (χ0n) is 35.4. The fraction of sp³-hybridized carbons (Fsp3) is 0.391. The Morgan fingerprint density at radius 3 is 2.60 bits per heavy atom. The van der Waals surface area contributed by atoms with Gasteiger partial charge in [-0.05, 0) is 118 Å². The van der Waals surface area contributed by atoms with Crippen molar-refractivity contribution in [2.24, 2.45) is 11.3 Å². The van der Waals surface area contributed by atoms with Crippen molar-refractivity contribution in [2.45, 2.75) is 55.7 Å². The summed E-state index contributed by atoms with van der Waals surface area (Å²) in [5, 5.41) is 13.8. The van der Waals surface area contributed by atoms with Crippen molar-refractivity contribution in [1.82, 2.24) is 24.5 Å².